The van der Waals surface area contributed by atoms with Gasteiger partial charge < -0.3 is 9.80 Å². The maximum Gasteiger partial charge on any atom is 0.271 e. The van der Waals surface area contributed by atoms with E-state index in [2.05, 4.69) is 41.9 Å². The summed E-state index contributed by atoms with van der Waals surface area (Å²) in [4.78, 5) is 21.5. The molecule has 1 amide bonds. The molecule has 5 heteroatoms. The van der Waals surface area contributed by atoms with Crippen molar-refractivity contribution in [3.05, 3.63) is 65.6 Å². The molecule has 25 heavy (non-hydrogen) atoms. The molecule has 0 saturated carbocycles. The Bertz CT molecular complexity index is 922. The first kappa shape index (κ1) is 15.7. The normalized spacial score (nSPS) is 15.0. The first-order valence-corrected chi connectivity index (χ1v) is 8.67. The van der Waals surface area contributed by atoms with Crippen molar-refractivity contribution in [3.63, 3.8) is 0 Å². The first-order chi connectivity index (χ1) is 12.1. The first-order valence-electron chi connectivity index (χ1n) is 8.67. The Balaban J connectivity index is 1.51. The number of rotatable bonds is 2. The molecule has 0 N–H and O–H groups in total. The number of carbonyl (C=O) groups excluding carboxylic acids is 1. The van der Waals surface area contributed by atoms with Crippen molar-refractivity contribution in [2.24, 2.45) is 0 Å². The fraction of sp³-hybridized carbons (Fsp3) is 0.300. The predicted molar refractivity (Wildman–Crippen MR) is 99.2 cm³/mol. The molecule has 0 aliphatic carbocycles. The van der Waals surface area contributed by atoms with Gasteiger partial charge in [-0.05, 0) is 43.2 Å². The van der Waals surface area contributed by atoms with Crippen molar-refractivity contribution in [2.45, 2.75) is 13.8 Å². The number of imidazole rings is 1. The highest BCUT2D eigenvalue weighted by atomic mass is 16.2. The Morgan fingerprint density at radius 1 is 1.00 bits per heavy atom. The number of fused-ring (bicyclic) bond motifs is 1. The molecule has 1 aromatic carbocycles. The summed E-state index contributed by atoms with van der Waals surface area (Å²) in [6.45, 7) is 7.49. The van der Waals surface area contributed by atoms with Gasteiger partial charge >= 0.3 is 0 Å². The van der Waals surface area contributed by atoms with E-state index in [-0.39, 0.29) is 5.91 Å². The zero-order chi connectivity index (χ0) is 17.4. The maximum atomic E-state index is 12.9. The van der Waals surface area contributed by atoms with Gasteiger partial charge in [0.15, 0.2) is 0 Å². The molecule has 0 bridgehead atoms. The van der Waals surface area contributed by atoms with Crippen molar-refractivity contribution < 1.29 is 4.79 Å². The average Bonchev–Trinajstić information content (AvgIpc) is 3.12. The minimum absolute atomic E-state index is 0.0733. The molecular formula is C20H22N4O. The number of nitrogens with zero attached hydrogens (tertiary/aromatic N) is 4. The van der Waals surface area contributed by atoms with Gasteiger partial charge in [-0.3, -0.25) is 9.20 Å². The molecule has 5 nitrogen and oxygen atoms in total. The Morgan fingerprint density at radius 2 is 1.76 bits per heavy atom. The molecule has 4 rings (SSSR count). The van der Waals surface area contributed by atoms with E-state index in [9.17, 15) is 4.79 Å². The second kappa shape index (κ2) is 6.24. The van der Waals surface area contributed by atoms with Crippen LogP contribution in [-0.2, 0) is 0 Å². The maximum absolute atomic E-state index is 12.9. The smallest absolute Gasteiger partial charge is 0.271 e. The van der Waals surface area contributed by atoms with Gasteiger partial charge in [-0.25, -0.2) is 4.98 Å². The molecular weight excluding hydrogens is 312 g/mol. The molecule has 0 spiro atoms. The third-order valence-corrected chi connectivity index (χ3v) is 5.13. The summed E-state index contributed by atoms with van der Waals surface area (Å²) < 4.78 is 1.86. The van der Waals surface area contributed by atoms with Crippen LogP contribution in [0.2, 0.25) is 0 Å². The van der Waals surface area contributed by atoms with E-state index in [1.54, 1.807) is 6.20 Å². The molecule has 0 radical (unpaired) electrons. The Labute approximate surface area is 147 Å². The SMILES string of the molecule is Cc1cccc(N2CCN(C(=O)c3cccc4nccn34)CC2)c1C. The van der Waals surface area contributed by atoms with E-state index in [0.717, 1.165) is 31.8 Å². The second-order valence-corrected chi connectivity index (χ2v) is 6.56. The van der Waals surface area contributed by atoms with Crippen molar-refractivity contribution in [3.8, 4) is 0 Å². The van der Waals surface area contributed by atoms with E-state index in [4.69, 9.17) is 0 Å². The van der Waals surface area contributed by atoms with Crippen LogP contribution in [0.25, 0.3) is 5.65 Å². The number of carbonyl (C=O) groups is 1. The zero-order valence-electron chi connectivity index (χ0n) is 14.6. The molecule has 3 heterocycles. The van der Waals surface area contributed by atoms with Crippen LogP contribution >= 0.6 is 0 Å². The summed E-state index contributed by atoms with van der Waals surface area (Å²) in [6, 6.07) is 12.1. The van der Waals surface area contributed by atoms with Gasteiger partial charge in [0, 0.05) is 44.3 Å². The highest BCUT2D eigenvalue weighted by molar-refractivity contribution is 5.93. The fourth-order valence-corrected chi connectivity index (χ4v) is 3.51. The number of piperazine rings is 1. The van der Waals surface area contributed by atoms with Gasteiger partial charge in [-0.15, -0.1) is 0 Å². The van der Waals surface area contributed by atoms with Crippen LogP contribution < -0.4 is 4.90 Å². The molecule has 0 atom stereocenters. The van der Waals surface area contributed by atoms with E-state index in [0.29, 0.717) is 5.69 Å². The van der Waals surface area contributed by atoms with Crippen LogP contribution in [0.4, 0.5) is 5.69 Å². The van der Waals surface area contributed by atoms with Crippen LogP contribution in [0.3, 0.4) is 0 Å². The highest BCUT2D eigenvalue weighted by Gasteiger charge is 2.24. The van der Waals surface area contributed by atoms with E-state index in [1.165, 1.54) is 16.8 Å². The number of pyridine rings is 1. The zero-order valence-corrected chi connectivity index (χ0v) is 14.6. The van der Waals surface area contributed by atoms with Crippen LogP contribution in [-0.4, -0.2) is 46.4 Å². The quantitative estimate of drug-likeness (QED) is 0.723. The van der Waals surface area contributed by atoms with Crippen LogP contribution in [0.1, 0.15) is 21.6 Å². The summed E-state index contributed by atoms with van der Waals surface area (Å²) in [5.74, 6) is 0.0733. The summed E-state index contributed by atoms with van der Waals surface area (Å²) in [6.07, 6.45) is 3.57. The number of aryl methyl sites for hydroxylation is 1. The van der Waals surface area contributed by atoms with Crippen LogP contribution in [0.15, 0.2) is 48.8 Å². The highest BCUT2D eigenvalue weighted by Crippen LogP contribution is 2.24. The largest absolute Gasteiger partial charge is 0.368 e. The monoisotopic (exact) mass is 334 g/mol. The van der Waals surface area contributed by atoms with E-state index < -0.39 is 0 Å². The molecule has 3 aromatic rings. The van der Waals surface area contributed by atoms with Gasteiger partial charge in [-0.2, -0.15) is 0 Å². The number of hydrogen-bond donors (Lipinski definition) is 0. The minimum atomic E-state index is 0.0733. The lowest BCUT2D eigenvalue weighted by Crippen LogP contribution is -2.49. The second-order valence-electron chi connectivity index (χ2n) is 6.56. The number of anilines is 1. The average molecular weight is 334 g/mol. The summed E-state index contributed by atoms with van der Waals surface area (Å²) >= 11 is 0. The number of benzene rings is 1. The van der Waals surface area contributed by atoms with Gasteiger partial charge in [0.1, 0.15) is 11.3 Å². The lowest BCUT2D eigenvalue weighted by atomic mass is 10.1. The van der Waals surface area contributed by atoms with E-state index in [1.807, 2.05) is 33.7 Å². The van der Waals surface area contributed by atoms with Crippen molar-refractivity contribution in [1.82, 2.24) is 14.3 Å². The van der Waals surface area contributed by atoms with Crippen molar-refractivity contribution >= 4 is 17.2 Å². The Morgan fingerprint density at radius 3 is 2.56 bits per heavy atom. The number of amides is 1. The van der Waals surface area contributed by atoms with Gasteiger partial charge in [-0.1, -0.05) is 18.2 Å². The van der Waals surface area contributed by atoms with Gasteiger partial charge in [0.05, 0.1) is 0 Å². The third-order valence-electron chi connectivity index (χ3n) is 5.13. The van der Waals surface area contributed by atoms with Crippen molar-refractivity contribution in [1.29, 1.82) is 0 Å². The minimum Gasteiger partial charge on any atom is -0.368 e. The topological polar surface area (TPSA) is 40.8 Å². The Kier molecular flexibility index (Phi) is 3.92. The van der Waals surface area contributed by atoms with Crippen molar-refractivity contribution in [2.75, 3.05) is 31.1 Å². The fourth-order valence-electron chi connectivity index (χ4n) is 3.51. The summed E-state index contributed by atoms with van der Waals surface area (Å²) in [5, 5.41) is 0. The molecule has 1 fully saturated rings. The lowest BCUT2D eigenvalue weighted by molar-refractivity contribution is 0.0739. The Hall–Kier alpha value is -2.82. The predicted octanol–water partition coefficient (Wildman–Crippen LogP) is 2.91. The van der Waals surface area contributed by atoms with E-state index >= 15 is 0 Å². The van der Waals surface area contributed by atoms with Gasteiger partial charge in [0.25, 0.3) is 5.91 Å². The van der Waals surface area contributed by atoms with Gasteiger partial charge in [0.2, 0.25) is 0 Å². The molecule has 0 unspecified atom stereocenters. The van der Waals surface area contributed by atoms with Crippen LogP contribution in [0, 0.1) is 13.8 Å². The lowest BCUT2D eigenvalue weighted by Gasteiger charge is -2.37. The summed E-state index contributed by atoms with van der Waals surface area (Å²) in [7, 11) is 0. The summed E-state index contributed by atoms with van der Waals surface area (Å²) in [5.41, 5.74) is 5.40. The molecule has 1 aliphatic rings. The molecule has 2 aromatic heterocycles. The third kappa shape index (κ3) is 2.76. The number of hydrogen-bond acceptors (Lipinski definition) is 3. The molecule has 128 valence electrons. The molecule has 1 aliphatic heterocycles. The standard InChI is InChI=1S/C20H22N4O/c1-15-5-3-6-17(16(15)2)22-11-13-23(14-12-22)20(25)18-7-4-8-19-21-9-10-24(18)19/h3-10H,11-14H2,1-2H3. The van der Waals surface area contributed by atoms with Crippen LogP contribution in [0.5, 0.6) is 0 Å². The number of aromatic nitrogens is 2. The molecule has 1 saturated heterocycles.